The Morgan fingerprint density at radius 2 is 1.95 bits per heavy atom. The maximum Gasteiger partial charge on any atom is 0.262 e. The van der Waals surface area contributed by atoms with E-state index >= 15 is 0 Å². The van der Waals surface area contributed by atoms with Crippen LogP contribution in [0.4, 0.5) is 15.8 Å². The normalized spacial score (nSPS) is 11.3. The number of halogens is 2. The fourth-order valence-electron chi connectivity index (χ4n) is 1.74. The Balaban J connectivity index is 2.44. The van der Waals surface area contributed by atoms with Gasteiger partial charge in [0, 0.05) is 4.47 Å². The molecule has 0 fully saturated rings. The summed E-state index contributed by atoms with van der Waals surface area (Å²) in [7, 11) is -3.88. The third-order valence-corrected chi connectivity index (χ3v) is 4.48. The van der Waals surface area contributed by atoms with Crippen LogP contribution >= 0.6 is 15.9 Å². The Labute approximate surface area is 125 Å². The van der Waals surface area contributed by atoms with Crippen molar-refractivity contribution in [1.29, 1.82) is 0 Å². The van der Waals surface area contributed by atoms with Crippen molar-refractivity contribution in [2.75, 3.05) is 10.5 Å². The van der Waals surface area contributed by atoms with Gasteiger partial charge in [0.05, 0.1) is 16.3 Å². The summed E-state index contributed by atoms with van der Waals surface area (Å²) in [4.78, 5) is -0.154. The van der Waals surface area contributed by atoms with Gasteiger partial charge in [-0.3, -0.25) is 4.72 Å². The Hall–Kier alpha value is -1.60. The fraction of sp³-hybridized carbons (Fsp3) is 0.0769. The fourth-order valence-corrected chi connectivity index (χ4v) is 3.52. The second-order valence-electron chi connectivity index (χ2n) is 4.25. The zero-order valence-corrected chi connectivity index (χ0v) is 12.9. The predicted octanol–water partition coefficient (Wildman–Crippen LogP) is 3.28. The summed E-state index contributed by atoms with van der Waals surface area (Å²) in [5.41, 5.74) is 7.05. The Bertz CT molecular complexity index is 740. The molecule has 0 saturated carbocycles. The summed E-state index contributed by atoms with van der Waals surface area (Å²) in [5, 5.41) is 0. The number of hydrogen-bond donors (Lipinski definition) is 2. The molecule has 0 aromatic heterocycles. The SMILES string of the molecule is Cc1cc(Br)cc(N)c1NS(=O)(=O)c1cccc(F)c1. The molecule has 0 aliphatic carbocycles. The first kappa shape index (κ1) is 14.8. The Kier molecular flexibility index (Phi) is 4.01. The highest BCUT2D eigenvalue weighted by atomic mass is 79.9. The molecule has 0 bridgehead atoms. The van der Waals surface area contributed by atoms with E-state index in [-0.39, 0.29) is 16.3 Å². The van der Waals surface area contributed by atoms with Crippen LogP contribution in [0.1, 0.15) is 5.56 Å². The Morgan fingerprint density at radius 3 is 2.55 bits per heavy atom. The zero-order chi connectivity index (χ0) is 14.9. The van der Waals surface area contributed by atoms with Crippen LogP contribution < -0.4 is 10.5 Å². The van der Waals surface area contributed by atoms with Crippen molar-refractivity contribution >= 4 is 37.3 Å². The number of anilines is 2. The zero-order valence-electron chi connectivity index (χ0n) is 10.5. The van der Waals surface area contributed by atoms with Crippen molar-refractivity contribution in [2.24, 2.45) is 0 Å². The number of sulfonamides is 1. The van der Waals surface area contributed by atoms with Gasteiger partial charge in [0.25, 0.3) is 10.0 Å². The van der Waals surface area contributed by atoms with Crippen LogP contribution in [0.25, 0.3) is 0 Å². The molecule has 0 saturated heterocycles. The molecule has 7 heteroatoms. The number of rotatable bonds is 3. The smallest absolute Gasteiger partial charge is 0.262 e. The van der Waals surface area contributed by atoms with Gasteiger partial charge < -0.3 is 5.73 Å². The van der Waals surface area contributed by atoms with Gasteiger partial charge in [-0.2, -0.15) is 0 Å². The van der Waals surface area contributed by atoms with E-state index in [4.69, 9.17) is 5.73 Å². The standard InChI is InChI=1S/C13H12BrFN2O2S/c1-8-5-9(14)6-12(16)13(8)17-20(18,19)11-4-2-3-10(15)7-11/h2-7,17H,16H2,1H3. The first-order valence-corrected chi connectivity index (χ1v) is 7.91. The minimum Gasteiger partial charge on any atom is -0.397 e. The van der Waals surface area contributed by atoms with Crippen LogP contribution in [0.3, 0.4) is 0 Å². The second-order valence-corrected chi connectivity index (χ2v) is 6.85. The maximum absolute atomic E-state index is 13.1. The largest absolute Gasteiger partial charge is 0.397 e. The molecule has 0 atom stereocenters. The monoisotopic (exact) mass is 358 g/mol. The van der Waals surface area contributed by atoms with E-state index in [2.05, 4.69) is 20.7 Å². The molecule has 2 aromatic rings. The van der Waals surface area contributed by atoms with Crippen molar-refractivity contribution < 1.29 is 12.8 Å². The molecule has 0 spiro atoms. The quantitative estimate of drug-likeness (QED) is 0.827. The van der Waals surface area contributed by atoms with Crippen LogP contribution in [-0.2, 0) is 10.0 Å². The lowest BCUT2D eigenvalue weighted by Gasteiger charge is -2.13. The summed E-state index contributed by atoms with van der Waals surface area (Å²) < 4.78 is 40.7. The van der Waals surface area contributed by atoms with E-state index < -0.39 is 15.8 Å². The predicted molar refractivity (Wildman–Crippen MR) is 80.5 cm³/mol. The van der Waals surface area contributed by atoms with Crippen molar-refractivity contribution in [2.45, 2.75) is 11.8 Å². The molecule has 0 aliphatic rings. The molecule has 0 unspecified atom stereocenters. The minimum atomic E-state index is -3.88. The third kappa shape index (κ3) is 3.10. The molecule has 0 heterocycles. The molecular formula is C13H12BrFN2O2S. The molecule has 3 N–H and O–H groups in total. The summed E-state index contributed by atoms with van der Waals surface area (Å²) >= 11 is 3.27. The first-order chi connectivity index (χ1) is 9.29. The third-order valence-electron chi connectivity index (χ3n) is 2.67. The highest BCUT2D eigenvalue weighted by Crippen LogP contribution is 2.29. The molecule has 4 nitrogen and oxygen atoms in total. The van der Waals surface area contributed by atoms with E-state index in [1.807, 2.05) is 0 Å². The van der Waals surface area contributed by atoms with Crippen LogP contribution in [-0.4, -0.2) is 8.42 Å². The van der Waals surface area contributed by atoms with Gasteiger partial charge in [0.1, 0.15) is 5.82 Å². The lowest BCUT2D eigenvalue weighted by Crippen LogP contribution is -2.15. The van der Waals surface area contributed by atoms with E-state index in [1.165, 1.54) is 18.2 Å². The average molecular weight is 359 g/mol. The van der Waals surface area contributed by atoms with E-state index in [0.29, 0.717) is 5.56 Å². The van der Waals surface area contributed by atoms with Gasteiger partial charge in [-0.05, 0) is 42.8 Å². The molecule has 2 aromatic carbocycles. The number of nitrogens with two attached hydrogens (primary N) is 1. The van der Waals surface area contributed by atoms with E-state index in [0.717, 1.165) is 10.5 Å². The summed E-state index contributed by atoms with van der Waals surface area (Å²) in [6, 6.07) is 8.11. The minimum absolute atomic E-state index is 0.154. The molecule has 2 rings (SSSR count). The number of hydrogen-bond acceptors (Lipinski definition) is 3. The highest BCUT2D eigenvalue weighted by molar-refractivity contribution is 9.10. The molecule has 0 amide bonds. The first-order valence-electron chi connectivity index (χ1n) is 5.63. The van der Waals surface area contributed by atoms with Gasteiger partial charge in [-0.1, -0.05) is 22.0 Å². The van der Waals surface area contributed by atoms with E-state index in [9.17, 15) is 12.8 Å². The van der Waals surface area contributed by atoms with Crippen molar-refractivity contribution in [3.8, 4) is 0 Å². The van der Waals surface area contributed by atoms with Crippen molar-refractivity contribution in [1.82, 2.24) is 0 Å². The van der Waals surface area contributed by atoms with Crippen molar-refractivity contribution in [3.63, 3.8) is 0 Å². The van der Waals surface area contributed by atoms with Crippen LogP contribution in [0.5, 0.6) is 0 Å². The molecule has 0 aliphatic heterocycles. The van der Waals surface area contributed by atoms with Gasteiger partial charge >= 0.3 is 0 Å². The lowest BCUT2D eigenvalue weighted by atomic mass is 10.2. The summed E-state index contributed by atoms with van der Waals surface area (Å²) in [6.45, 7) is 1.73. The average Bonchev–Trinajstić information content (AvgIpc) is 2.34. The number of aryl methyl sites for hydroxylation is 1. The number of nitrogen functional groups attached to an aromatic ring is 1. The molecule has 106 valence electrons. The summed E-state index contributed by atoms with van der Waals surface area (Å²) in [5.74, 6) is -0.617. The van der Waals surface area contributed by atoms with Gasteiger partial charge in [-0.25, -0.2) is 12.8 Å². The molecule has 20 heavy (non-hydrogen) atoms. The van der Waals surface area contributed by atoms with Crippen LogP contribution in [0, 0.1) is 12.7 Å². The highest BCUT2D eigenvalue weighted by Gasteiger charge is 2.17. The van der Waals surface area contributed by atoms with Gasteiger partial charge in [0.2, 0.25) is 0 Å². The maximum atomic E-state index is 13.1. The van der Waals surface area contributed by atoms with Crippen LogP contribution in [0.2, 0.25) is 0 Å². The van der Waals surface area contributed by atoms with E-state index in [1.54, 1.807) is 19.1 Å². The lowest BCUT2D eigenvalue weighted by molar-refractivity contribution is 0.595. The van der Waals surface area contributed by atoms with Crippen LogP contribution in [0.15, 0.2) is 45.8 Å². The van der Waals surface area contributed by atoms with Gasteiger partial charge in [-0.15, -0.1) is 0 Å². The number of benzene rings is 2. The Morgan fingerprint density at radius 1 is 1.25 bits per heavy atom. The second kappa shape index (κ2) is 5.41. The topological polar surface area (TPSA) is 72.2 Å². The van der Waals surface area contributed by atoms with Crippen molar-refractivity contribution in [3.05, 3.63) is 52.3 Å². The number of nitrogens with one attached hydrogen (secondary N) is 1. The molecule has 0 radical (unpaired) electrons. The summed E-state index contributed by atoms with van der Waals surface area (Å²) in [6.07, 6.45) is 0. The molecular weight excluding hydrogens is 347 g/mol. The van der Waals surface area contributed by atoms with Gasteiger partial charge in [0.15, 0.2) is 0 Å².